The zero-order valence-electron chi connectivity index (χ0n) is 18.5. The number of hydrogen-bond acceptors (Lipinski definition) is 5. The summed E-state index contributed by atoms with van der Waals surface area (Å²) in [7, 11) is 0. The number of carbonyl (C=O) groups excluding carboxylic acids is 1. The third kappa shape index (κ3) is 4.84. The molecule has 0 radical (unpaired) electrons. The molecular weight excluding hydrogens is 500 g/mol. The lowest BCUT2D eigenvalue weighted by molar-refractivity contribution is -0.138. The normalized spacial score (nSPS) is 16.1. The Bertz CT molecular complexity index is 1290. The maximum Gasteiger partial charge on any atom is 0.344 e. The molecule has 0 spiro atoms. The van der Waals surface area contributed by atoms with Crippen LogP contribution in [-0.2, 0) is 9.53 Å². The number of halogens is 1. The quantitative estimate of drug-likeness (QED) is 0.364. The zero-order chi connectivity index (χ0) is 23.5. The third-order valence-corrected chi connectivity index (χ3v) is 6.75. The van der Waals surface area contributed by atoms with Crippen LogP contribution < -0.4 is 0 Å². The molecule has 1 aliphatic heterocycles. The number of esters is 1. The molecule has 1 aliphatic rings. The van der Waals surface area contributed by atoms with Gasteiger partial charge in [-0.2, -0.15) is 0 Å². The first-order chi connectivity index (χ1) is 15.9. The van der Waals surface area contributed by atoms with Crippen LogP contribution in [0.2, 0.25) is 0 Å². The van der Waals surface area contributed by atoms with E-state index in [1.54, 1.807) is 6.92 Å². The number of hydrogen-bond donors (Lipinski definition) is 1. The van der Waals surface area contributed by atoms with Crippen molar-refractivity contribution in [2.75, 3.05) is 6.61 Å². The molecule has 4 rings (SSSR count). The summed E-state index contributed by atoms with van der Waals surface area (Å²) in [6.07, 6.45) is 1.89. The number of aryl methyl sites for hydroxylation is 1. The molecule has 0 saturated carbocycles. The van der Waals surface area contributed by atoms with E-state index in [-0.39, 0.29) is 17.9 Å². The molecular formula is C26H23BrN2O3S. The Morgan fingerprint density at radius 2 is 1.85 bits per heavy atom. The van der Waals surface area contributed by atoms with E-state index in [0.29, 0.717) is 15.6 Å². The number of para-hydroxylation sites is 1. The van der Waals surface area contributed by atoms with Crippen LogP contribution >= 0.6 is 27.7 Å². The van der Waals surface area contributed by atoms with Crippen molar-refractivity contribution in [2.45, 2.75) is 20.8 Å². The van der Waals surface area contributed by atoms with Crippen LogP contribution in [0.4, 0.5) is 5.69 Å². The molecule has 0 fully saturated rings. The summed E-state index contributed by atoms with van der Waals surface area (Å²) < 4.78 is 8.37. The van der Waals surface area contributed by atoms with E-state index < -0.39 is 5.97 Å². The molecule has 0 atom stereocenters. The molecule has 5 nitrogen and oxygen atoms in total. The molecule has 2 heterocycles. The van der Waals surface area contributed by atoms with Crippen molar-refractivity contribution >= 4 is 50.5 Å². The summed E-state index contributed by atoms with van der Waals surface area (Å²) in [5.41, 5.74) is 4.89. The van der Waals surface area contributed by atoms with Gasteiger partial charge in [0.1, 0.15) is 16.4 Å². The predicted octanol–water partition coefficient (Wildman–Crippen LogP) is 7.05. The molecule has 1 N–H and O–H groups in total. The third-order valence-electron chi connectivity index (χ3n) is 5.20. The first-order valence-electron chi connectivity index (χ1n) is 10.5. The van der Waals surface area contributed by atoms with Gasteiger partial charge in [-0.1, -0.05) is 45.9 Å². The van der Waals surface area contributed by atoms with Crippen LogP contribution in [0.25, 0.3) is 11.8 Å². The van der Waals surface area contributed by atoms with Crippen molar-refractivity contribution in [1.82, 2.24) is 4.57 Å². The van der Waals surface area contributed by atoms with Gasteiger partial charge in [-0.25, -0.2) is 9.79 Å². The number of aliphatic imine (C=N–C) groups is 1. The van der Waals surface area contributed by atoms with Gasteiger partial charge >= 0.3 is 5.97 Å². The van der Waals surface area contributed by atoms with Gasteiger partial charge in [0, 0.05) is 21.5 Å². The molecule has 2 aromatic carbocycles. The van der Waals surface area contributed by atoms with Crippen LogP contribution in [-0.4, -0.2) is 27.3 Å². The van der Waals surface area contributed by atoms with Crippen molar-refractivity contribution < 1.29 is 14.6 Å². The Kier molecular flexibility index (Phi) is 6.91. The minimum Gasteiger partial charge on any atom is -0.506 e. The summed E-state index contributed by atoms with van der Waals surface area (Å²) in [6, 6.07) is 19.5. The molecule has 3 aromatic rings. The topological polar surface area (TPSA) is 63.8 Å². The van der Waals surface area contributed by atoms with Crippen LogP contribution in [0.5, 0.6) is 0 Å². The summed E-state index contributed by atoms with van der Waals surface area (Å²) in [5, 5.41) is 11.4. The Morgan fingerprint density at radius 3 is 2.52 bits per heavy atom. The Labute approximate surface area is 205 Å². The first-order valence-corrected chi connectivity index (χ1v) is 12.1. The van der Waals surface area contributed by atoms with Crippen molar-refractivity contribution in [3.05, 3.63) is 98.3 Å². The molecule has 168 valence electrons. The SMILES string of the molecule is CCOC(=O)C1=C(O)/C(=C/c2cc(C)n(-c3ccc(Br)cc3)c2C)SC1=Nc1ccccc1. The lowest BCUT2D eigenvalue weighted by Gasteiger charge is -2.09. The Morgan fingerprint density at radius 1 is 1.15 bits per heavy atom. The number of ether oxygens (including phenoxy) is 1. The summed E-state index contributed by atoms with van der Waals surface area (Å²) in [5.74, 6) is -0.692. The second-order valence-electron chi connectivity index (χ2n) is 7.45. The molecule has 0 unspecified atom stereocenters. The lowest BCUT2D eigenvalue weighted by atomic mass is 10.2. The highest BCUT2D eigenvalue weighted by molar-refractivity contribution is 9.10. The lowest BCUT2D eigenvalue weighted by Crippen LogP contribution is -2.12. The summed E-state index contributed by atoms with van der Waals surface area (Å²) >= 11 is 4.74. The highest BCUT2D eigenvalue weighted by Gasteiger charge is 2.33. The number of aromatic nitrogens is 1. The standard InChI is InChI=1S/C26H23BrN2O3S/c1-4-32-26(31)23-24(30)22(33-25(23)28-20-8-6-5-7-9-20)15-18-14-16(2)29(17(18)3)21-12-10-19(27)11-13-21/h5-15,30H,4H2,1-3H3/b22-15-,28-25?. The van der Waals surface area contributed by atoms with E-state index >= 15 is 0 Å². The minimum absolute atomic E-state index is 0.0960. The second kappa shape index (κ2) is 9.85. The highest BCUT2D eigenvalue weighted by atomic mass is 79.9. The molecule has 33 heavy (non-hydrogen) atoms. The van der Waals surface area contributed by atoms with Gasteiger partial charge in [0.25, 0.3) is 0 Å². The molecule has 7 heteroatoms. The summed E-state index contributed by atoms with van der Waals surface area (Å²) in [4.78, 5) is 17.8. The maximum absolute atomic E-state index is 12.6. The second-order valence-corrected chi connectivity index (χ2v) is 9.39. The molecule has 0 bridgehead atoms. The maximum atomic E-state index is 12.6. The van der Waals surface area contributed by atoms with E-state index in [1.165, 1.54) is 11.8 Å². The van der Waals surface area contributed by atoms with E-state index in [1.807, 2.05) is 74.5 Å². The monoisotopic (exact) mass is 522 g/mol. The highest BCUT2D eigenvalue weighted by Crippen LogP contribution is 2.41. The predicted molar refractivity (Wildman–Crippen MR) is 138 cm³/mol. The number of aliphatic hydroxyl groups is 1. The smallest absolute Gasteiger partial charge is 0.344 e. The number of benzene rings is 2. The number of thioether (sulfide) groups is 1. The van der Waals surface area contributed by atoms with Crippen LogP contribution in [0, 0.1) is 13.8 Å². The van der Waals surface area contributed by atoms with Crippen molar-refractivity contribution in [2.24, 2.45) is 4.99 Å². The average molecular weight is 523 g/mol. The fraction of sp³-hybridized carbons (Fsp3) is 0.154. The van der Waals surface area contributed by atoms with Crippen molar-refractivity contribution in [3.63, 3.8) is 0 Å². The fourth-order valence-corrected chi connectivity index (χ4v) is 4.96. The Balaban J connectivity index is 1.77. The van der Waals surface area contributed by atoms with Gasteiger partial charge in [-0.3, -0.25) is 0 Å². The van der Waals surface area contributed by atoms with Crippen LogP contribution in [0.1, 0.15) is 23.9 Å². The van der Waals surface area contributed by atoms with Gasteiger partial charge in [0.05, 0.1) is 17.2 Å². The number of carbonyl (C=O) groups is 1. The van der Waals surface area contributed by atoms with Crippen molar-refractivity contribution in [3.8, 4) is 5.69 Å². The van der Waals surface area contributed by atoms with Crippen molar-refractivity contribution in [1.29, 1.82) is 0 Å². The van der Waals surface area contributed by atoms with Gasteiger partial charge in [-0.15, -0.1) is 0 Å². The van der Waals surface area contributed by atoms with Gasteiger partial charge in [-0.05, 0) is 74.9 Å². The zero-order valence-corrected chi connectivity index (χ0v) is 20.9. The van der Waals surface area contributed by atoms with Crippen LogP contribution in [0.15, 0.2) is 86.4 Å². The Hall–Kier alpha value is -3.03. The largest absolute Gasteiger partial charge is 0.506 e. The van der Waals surface area contributed by atoms with Gasteiger partial charge in [0.15, 0.2) is 0 Å². The average Bonchev–Trinajstić information content (AvgIpc) is 3.25. The number of rotatable bonds is 5. The van der Waals surface area contributed by atoms with Gasteiger partial charge in [0.2, 0.25) is 0 Å². The molecule has 1 aromatic heterocycles. The number of nitrogens with zero attached hydrogens (tertiary/aromatic N) is 2. The van der Waals surface area contributed by atoms with Gasteiger partial charge < -0.3 is 14.4 Å². The van der Waals surface area contributed by atoms with E-state index in [9.17, 15) is 9.90 Å². The minimum atomic E-state index is -0.582. The van der Waals surface area contributed by atoms with E-state index in [0.717, 1.165) is 27.1 Å². The molecule has 0 amide bonds. The molecule has 0 saturated heterocycles. The van der Waals surface area contributed by atoms with Crippen LogP contribution in [0.3, 0.4) is 0 Å². The first kappa shape index (κ1) is 23.1. The number of aliphatic hydroxyl groups excluding tert-OH is 1. The van der Waals surface area contributed by atoms with E-state index in [4.69, 9.17) is 4.74 Å². The summed E-state index contributed by atoms with van der Waals surface area (Å²) in [6.45, 7) is 6.03. The molecule has 0 aliphatic carbocycles. The fourth-order valence-electron chi connectivity index (χ4n) is 3.67. The van der Waals surface area contributed by atoms with E-state index in [2.05, 4.69) is 31.6 Å².